The maximum absolute atomic E-state index is 12.9. The van der Waals surface area contributed by atoms with Gasteiger partial charge in [0.05, 0.1) is 6.04 Å². The normalized spacial score (nSPS) is 17.1. The monoisotopic (exact) mass is 363 g/mol. The molecule has 140 valence electrons. The van der Waals surface area contributed by atoms with E-state index in [2.05, 4.69) is 48.2 Å². The van der Waals surface area contributed by atoms with E-state index in [1.165, 1.54) is 11.1 Å². The highest BCUT2D eigenvalue weighted by molar-refractivity contribution is 5.80. The number of carbonyl (C=O) groups is 1. The molecule has 1 saturated heterocycles. The standard InChI is InChI=1S/C22H25N3O2/c1-24(2)15-16-9-11-17(12-10-16)19-7-5-13-25(19)22(26)14-21-23-18-6-3-4-8-20(18)27-21/h3-4,6,8-12,19H,5,7,13-15H2,1-2H3. The molecule has 1 aromatic heterocycles. The van der Waals surface area contributed by atoms with Gasteiger partial charge in [-0.25, -0.2) is 4.98 Å². The zero-order valence-corrected chi connectivity index (χ0v) is 15.9. The van der Waals surface area contributed by atoms with E-state index in [9.17, 15) is 4.79 Å². The van der Waals surface area contributed by atoms with E-state index >= 15 is 0 Å². The van der Waals surface area contributed by atoms with Gasteiger partial charge in [0.1, 0.15) is 11.9 Å². The third kappa shape index (κ3) is 3.88. The minimum atomic E-state index is 0.0847. The Kier molecular flexibility index (Phi) is 4.94. The number of oxazole rings is 1. The minimum absolute atomic E-state index is 0.0847. The number of rotatable bonds is 5. The molecular weight excluding hydrogens is 338 g/mol. The van der Waals surface area contributed by atoms with Crippen molar-refractivity contribution in [1.29, 1.82) is 0 Å². The van der Waals surface area contributed by atoms with Gasteiger partial charge in [-0.05, 0) is 50.2 Å². The smallest absolute Gasteiger partial charge is 0.232 e. The molecule has 1 unspecified atom stereocenters. The highest BCUT2D eigenvalue weighted by Gasteiger charge is 2.30. The quantitative estimate of drug-likeness (QED) is 0.692. The second-order valence-electron chi connectivity index (χ2n) is 7.48. The average molecular weight is 363 g/mol. The summed E-state index contributed by atoms with van der Waals surface area (Å²) in [5.41, 5.74) is 4.02. The number of hydrogen-bond donors (Lipinski definition) is 0. The third-order valence-electron chi connectivity index (χ3n) is 5.08. The van der Waals surface area contributed by atoms with Crippen molar-refractivity contribution < 1.29 is 9.21 Å². The van der Waals surface area contributed by atoms with Crippen LogP contribution in [0.4, 0.5) is 0 Å². The molecule has 1 aliphatic heterocycles. The summed E-state index contributed by atoms with van der Waals surface area (Å²) < 4.78 is 5.73. The van der Waals surface area contributed by atoms with Crippen LogP contribution in [0.2, 0.25) is 0 Å². The van der Waals surface area contributed by atoms with Gasteiger partial charge in [-0.2, -0.15) is 0 Å². The SMILES string of the molecule is CN(C)Cc1ccc(C2CCCN2C(=O)Cc2nc3ccccc3o2)cc1. The van der Waals surface area contributed by atoms with Gasteiger partial charge in [-0.3, -0.25) is 4.79 Å². The van der Waals surface area contributed by atoms with E-state index in [4.69, 9.17) is 4.42 Å². The molecule has 0 bridgehead atoms. The zero-order chi connectivity index (χ0) is 18.8. The molecule has 5 heteroatoms. The van der Waals surface area contributed by atoms with Crippen molar-refractivity contribution in [2.75, 3.05) is 20.6 Å². The van der Waals surface area contributed by atoms with Gasteiger partial charge < -0.3 is 14.2 Å². The van der Waals surface area contributed by atoms with Crippen LogP contribution in [-0.4, -0.2) is 41.3 Å². The van der Waals surface area contributed by atoms with E-state index in [0.29, 0.717) is 5.89 Å². The summed E-state index contributed by atoms with van der Waals surface area (Å²) in [5, 5.41) is 0. The minimum Gasteiger partial charge on any atom is -0.440 e. The van der Waals surface area contributed by atoms with Crippen molar-refractivity contribution in [3.8, 4) is 0 Å². The van der Waals surface area contributed by atoms with Gasteiger partial charge in [0.25, 0.3) is 0 Å². The summed E-state index contributed by atoms with van der Waals surface area (Å²) in [6.07, 6.45) is 2.25. The first kappa shape index (κ1) is 17.7. The molecule has 0 aliphatic carbocycles. The van der Waals surface area contributed by atoms with Crippen LogP contribution in [0.1, 0.15) is 35.9 Å². The zero-order valence-electron chi connectivity index (χ0n) is 15.9. The molecule has 4 rings (SSSR count). The molecule has 0 radical (unpaired) electrons. The Morgan fingerprint density at radius 2 is 1.96 bits per heavy atom. The highest BCUT2D eigenvalue weighted by Crippen LogP contribution is 2.32. The number of para-hydroxylation sites is 2. The molecule has 2 aromatic carbocycles. The number of hydrogen-bond acceptors (Lipinski definition) is 4. The van der Waals surface area contributed by atoms with Crippen molar-refractivity contribution in [1.82, 2.24) is 14.8 Å². The Morgan fingerprint density at radius 3 is 2.70 bits per heavy atom. The number of nitrogens with zero attached hydrogens (tertiary/aromatic N) is 3. The van der Waals surface area contributed by atoms with Crippen LogP contribution in [0.25, 0.3) is 11.1 Å². The maximum Gasteiger partial charge on any atom is 0.232 e. The molecule has 1 fully saturated rings. The summed E-state index contributed by atoms with van der Waals surface area (Å²) >= 11 is 0. The topological polar surface area (TPSA) is 49.6 Å². The third-order valence-corrected chi connectivity index (χ3v) is 5.08. The number of aromatic nitrogens is 1. The second kappa shape index (κ2) is 7.53. The van der Waals surface area contributed by atoms with Gasteiger partial charge in [-0.15, -0.1) is 0 Å². The summed E-state index contributed by atoms with van der Waals surface area (Å²) in [6, 6.07) is 16.4. The van der Waals surface area contributed by atoms with Crippen LogP contribution in [0, 0.1) is 0 Å². The Morgan fingerprint density at radius 1 is 1.19 bits per heavy atom. The largest absolute Gasteiger partial charge is 0.440 e. The lowest BCUT2D eigenvalue weighted by atomic mass is 10.0. The molecule has 27 heavy (non-hydrogen) atoms. The Hall–Kier alpha value is -2.66. The molecule has 0 saturated carbocycles. The van der Waals surface area contributed by atoms with Gasteiger partial charge in [0.2, 0.25) is 11.8 Å². The first-order chi connectivity index (χ1) is 13.1. The Labute approximate surface area is 159 Å². The molecule has 0 N–H and O–H groups in total. The van der Waals surface area contributed by atoms with Gasteiger partial charge >= 0.3 is 0 Å². The predicted molar refractivity (Wildman–Crippen MR) is 105 cm³/mol. The summed E-state index contributed by atoms with van der Waals surface area (Å²) in [6.45, 7) is 1.72. The van der Waals surface area contributed by atoms with Crippen LogP contribution < -0.4 is 0 Å². The van der Waals surface area contributed by atoms with Crippen LogP contribution in [0.5, 0.6) is 0 Å². The van der Waals surface area contributed by atoms with E-state index < -0.39 is 0 Å². The van der Waals surface area contributed by atoms with Gasteiger partial charge in [-0.1, -0.05) is 36.4 Å². The van der Waals surface area contributed by atoms with Crippen molar-refractivity contribution in [2.24, 2.45) is 0 Å². The fraction of sp³-hybridized carbons (Fsp3) is 0.364. The highest BCUT2D eigenvalue weighted by atomic mass is 16.3. The molecule has 2 heterocycles. The molecular formula is C22H25N3O2. The number of carbonyl (C=O) groups excluding carboxylic acids is 1. The van der Waals surface area contributed by atoms with Crippen molar-refractivity contribution >= 4 is 17.0 Å². The van der Waals surface area contributed by atoms with Crippen molar-refractivity contribution in [3.63, 3.8) is 0 Å². The number of amides is 1. The van der Waals surface area contributed by atoms with E-state index in [1.54, 1.807) is 0 Å². The van der Waals surface area contributed by atoms with Gasteiger partial charge in [0, 0.05) is 13.1 Å². The second-order valence-corrected chi connectivity index (χ2v) is 7.48. The molecule has 0 spiro atoms. The lowest BCUT2D eigenvalue weighted by Crippen LogP contribution is -2.31. The summed E-state index contributed by atoms with van der Waals surface area (Å²) in [7, 11) is 4.13. The Balaban J connectivity index is 1.47. The van der Waals surface area contributed by atoms with Crippen molar-refractivity contribution in [2.45, 2.75) is 31.8 Å². The maximum atomic E-state index is 12.9. The average Bonchev–Trinajstić information content (AvgIpc) is 3.28. The summed E-state index contributed by atoms with van der Waals surface area (Å²) in [4.78, 5) is 21.5. The molecule has 1 atom stereocenters. The molecule has 1 amide bonds. The van der Waals surface area contributed by atoms with Crippen LogP contribution in [0.3, 0.4) is 0 Å². The number of likely N-dealkylation sites (tertiary alicyclic amines) is 1. The number of fused-ring (bicyclic) bond motifs is 1. The molecule has 3 aromatic rings. The molecule has 5 nitrogen and oxygen atoms in total. The van der Waals surface area contributed by atoms with Crippen LogP contribution >= 0.6 is 0 Å². The van der Waals surface area contributed by atoms with Crippen LogP contribution in [0.15, 0.2) is 52.9 Å². The van der Waals surface area contributed by atoms with Gasteiger partial charge in [0.15, 0.2) is 5.58 Å². The first-order valence-electron chi connectivity index (χ1n) is 9.47. The van der Waals surface area contributed by atoms with E-state index in [1.807, 2.05) is 29.2 Å². The fourth-order valence-electron chi connectivity index (χ4n) is 3.85. The summed E-state index contributed by atoms with van der Waals surface area (Å²) in [5.74, 6) is 0.578. The first-order valence-corrected chi connectivity index (χ1v) is 9.47. The lowest BCUT2D eigenvalue weighted by Gasteiger charge is -2.25. The van der Waals surface area contributed by atoms with E-state index in [0.717, 1.165) is 37.0 Å². The van der Waals surface area contributed by atoms with Crippen LogP contribution in [-0.2, 0) is 17.8 Å². The number of benzene rings is 2. The Bertz CT molecular complexity index is 897. The van der Waals surface area contributed by atoms with E-state index in [-0.39, 0.29) is 18.4 Å². The lowest BCUT2D eigenvalue weighted by molar-refractivity contribution is -0.131. The predicted octanol–water partition coefficient (Wildman–Crippen LogP) is 3.80. The fourth-order valence-corrected chi connectivity index (χ4v) is 3.85. The van der Waals surface area contributed by atoms with Crippen molar-refractivity contribution in [3.05, 3.63) is 65.5 Å². The molecule has 1 aliphatic rings.